The molecular weight excluding hydrogens is 418 g/mol. The summed E-state index contributed by atoms with van der Waals surface area (Å²) in [6, 6.07) is 15.6. The van der Waals surface area contributed by atoms with E-state index < -0.39 is 0 Å². The number of rotatable bonds is 8. The number of carbonyl (C=O) groups excluding carboxylic acids is 1. The zero-order valence-corrected chi connectivity index (χ0v) is 19.5. The van der Waals surface area contributed by atoms with E-state index in [0.29, 0.717) is 24.5 Å². The third kappa shape index (κ3) is 5.73. The van der Waals surface area contributed by atoms with E-state index in [1.54, 1.807) is 0 Å². The molecule has 0 unspecified atom stereocenters. The number of piperazine rings is 1. The molecule has 1 aromatic heterocycles. The lowest BCUT2D eigenvalue weighted by Gasteiger charge is -2.34. The highest BCUT2D eigenvalue weighted by atomic mass is 16.5. The van der Waals surface area contributed by atoms with Crippen molar-refractivity contribution in [2.45, 2.75) is 33.9 Å². The van der Waals surface area contributed by atoms with Gasteiger partial charge in [0.05, 0.1) is 17.9 Å². The molecule has 1 fully saturated rings. The van der Waals surface area contributed by atoms with Crippen molar-refractivity contribution in [2.75, 3.05) is 32.8 Å². The number of aryl methyl sites for hydroxylation is 2. The summed E-state index contributed by atoms with van der Waals surface area (Å²) in [6.07, 6.45) is 0. The zero-order valence-electron chi connectivity index (χ0n) is 19.5. The van der Waals surface area contributed by atoms with E-state index in [2.05, 4.69) is 22.2 Å². The molecule has 3 aromatic rings. The van der Waals surface area contributed by atoms with Gasteiger partial charge in [-0.15, -0.1) is 0 Å². The average Bonchev–Trinajstić information content (AvgIpc) is 3.16. The van der Waals surface area contributed by atoms with Gasteiger partial charge in [0.2, 0.25) is 0 Å². The summed E-state index contributed by atoms with van der Waals surface area (Å²) in [5.41, 5.74) is 3.73. The molecule has 0 N–H and O–H groups in total. The Labute approximate surface area is 194 Å². The first kappa shape index (κ1) is 22.9. The van der Waals surface area contributed by atoms with Crippen LogP contribution in [0.3, 0.4) is 0 Å². The number of carbonyl (C=O) groups is 1. The molecule has 4 rings (SSSR count). The number of hydrogen-bond acceptors (Lipinski definition) is 6. The van der Waals surface area contributed by atoms with Crippen LogP contribution in [0.4, 0.5) is 0 Å². The molecule has 174 valence electrons. The molecule has 1 aliphatic heterocycles. The monoisotopic (exact) mass is 449 g/mol. The van der Waals surface area contributed by atoms with Crippen molar-refractivity contribution >= 4 is 5.91 Å². The molecule has 0 spiro atoms. The molecule has 33 heavy (non-hydrogen) atoms. The summed E-state index contributed by atoms with van der Waals surface area (Å²) in [5, 5.41) is 3.94. The second-order valence-corrected chi connectivity index (χ2v) is 8.26. The van der Waals surface area contributed by atoms with Crippen molar-refractivity contribution in [3.05, 3.63) is 76.7 Å². The van der Waals surface area contributed by atoms with E-state index in [4.69, 9.17) is 14.0 Å². The lowest BCUT2D eigenvalue weighted by molar-refractivity contribution is 0.0628. The van der Waals surface area contributed by atoms with E-state index in [0.717, 1.165) is 55.5 Å². The summed E-state index contributed by atoms with van der Waals surface area (Å²) in [4.78, 5) is 17.2. The fourth-order valence-corrected chi connectivity index (χ4v) is 3.96. The number of aromatic nitrogens is 1. The number of benzene rings is 2. The molecule has 0 saturated carbocycles. The van der Waals surface area contributed by atoms with E-state index in [1.165, 1.54) is 5.56 Å². The maximum absolute atomic E-state index is 12.9. The summed E-state index contributed by atoms with van der Waals surface area (Å²) in [7, 11) is 0. The zero-order chi connectivity index (χ0) is 23.2. The van der Waals surface area contributed by atoms with Gasteiger partial charge in [-0.3, -0.25) is 9.69 Å². The van der Waals surface area contributed by atoms with Crippen LogP contribution >= 0.6 is 0 Å². The van der Waals surface area contributed by atoms with Gasteiger partial charge in [-0.2, -0.15) is 0 Å². The summed E-state index contributed by atoms with van der Waals surface area (Å²) >= 11 is 0. The van der Waals surface area contributed by atoms with Crippen LogP contribution in [0.15, 0.2) is 53.1 Å². The van der Waals surface area contributed by atoms with Gasteiger partial charge in [-0.25, -0.2) is 0 Å². The Kier molecular flexibility index (Phi) is 7.29. The average molecular weight is 450 g/mol. The first-order valence-corrected chi connectivity index (χ1v) is 11.4. The number of nitrogens with zero attached hydrogens (tertiary/aromatic N) is 3. The van der Waals surface area contributed by atoms with Crippen molar-refractivity contribution in [1.29, 1.82) is 0 Å². The summed E-state index contributed by atoms with van der Waals surface area (Å²) in [6.45, 7) is 10.9. The van der Waals surface area contributed by atoms with Crippen LogP contribution in [-0.4, -0.2) is 53.6 Å². The van der Waals surface area contributed by atoms with Crippen molar-refractivity contribution in [3.8, 4) is 11.5 Å². The van der Waals surface area contributed by atoms with E-state index >= 15 is 0 Å². The maximum Gasteiger partial charge on any atom is 0.253 e. The van der Waals surface area contributed by atoms with Crippen LogP contribution in [0.1, 0.15) is 39.9 Å². The van der Waals surface area contributed by atoms with E-state index in [1.807, 2.05) is 62.1 Å². The number of ether oxygens (including phenoxy) is 2. The molecule has 7 heteroatoms. The molecule has 1 amide bonds. The minimum atomic E-state index is 0.0630. The molecular formula is C26H31N3O4. The second kappa shape index (κ2) is 10.5. The minimum absolute atomic E-state index is 0.0630. The van der Waals surface area contributed by atoms with Gasteiger partial charge in [-0.1, -0.05) is 17.3 Å². The van der Waals surface area contributed by atoms with Gasteiger partial charge >= 0.3 is 0 Å². The van der Waals surface area contributed by atoms with Crippen LogP contribution in [0.25, 0.3) is 0 Å². The van der Waals surface area contributed by atoms with E-state index in [-0.39, 0.29) is 5.91 Å². The molecule has 0 atom stereocenters. The van der Waals surface area contributed by atoms with Gasteiger partial charge in [0.25, 0.3) is 5.91 Å². The van der Waals surface area contributed by atoms with E-state index in [9.17, 15) is 4.79 Å². The highest BCUT2D eigenvalue weighted by molar-refractivity contribution is 5.94. The van der Waals surface area contributed by atoms with Gasteiger partial charge < -0.3 is 18.9 Å². The maximum atomic E-state index is 12.9. The molecule has 7 nitrogen and oxygen atoms in total. The Bertz CT molecular complexity index is 1030. The summed E-state index contributed by atoms with van der Waals surface area (Å²) < 4.78 is 16.5. The van der Waals surface area contributed by atoms with Crippen LogP contribution < -0.4 is 9.47 Å². The third-order valence-electron chi connectivity index (χ3n) is 5.97. The van der Waals surface area contributed by atoms with Crippen molar-refractivity contribution in [2.24, 2.45) is 0 Å². The Morgan fingerprint density at radius 3 is 2.18 bits per heavy atom. The smallest absolute Gasteiger partial charge is 0.253 e. The highest BCUT2D eigenvalue weighted by Gasteiger charge is 2.22. The minimum Gasteiger partial charge on any atom is -0.494 e. The standard InChI is InChI=1S/C26H31N3O4/c1-4-31-23-9-5-21(6-10-23)17-28-13-15-29(16-14-28)26(30)22-7-11-24(12-8-22)32-18-25-19(2)27-33-20(25)3/h5-12H,4,13-18H2,1-3H3. The van der Waals surface area contributed by atoms with Crippen LogP contribution in [0.5, 0.6) is 11.5 Å². The molecule has 0 aliphatic carbocycles. The summed E-state index contributed by atoms with van der Waals surface area (Å²) in [5.74, 6) is 2.44. The van der Waals surface area contributed by atoms with Gasteiger partial charge in [-0.05, 0) is 62.7 Å². The Morgan fingerprint density at radius 1 is 0.939 bits per heavy atom. The molecule has 0 bridgehead atoms. The van der Waals surface area contributed by atoms with Crippen LogP contribution in [0, 0.1) is 13.8 Å². The predicted octanol–water partition coefficient (Wildman–Crippen LogP) is 4.23. The molecule has 2 aromatic carbocycles. The van der Waals surface area contributed by atoms with Gasteiger partial charge in [0.15, 0.2) is 0 Å². The SMILES string of the molecule is CCOc1ccc(CN2CCN(C(=O)c3ccc(OCc4c(C)noc4C)cc3)CC2)cc1. The molecule has 0 radical (unpaired) electrons. The molecule has 1 saturated heterocycles. The van der Waals surface area contributed by atoms with Gasteiger partial charge in [0, 0.05) is 38.3 Å². The van der Waals surface area contributed by atoms with Crippen molar-refractivity contribution in [3.63, 3.8) is 0 Å². The first-order chi connectivity index (χ1) is 16.0. The topological polar surface area (TPSA) is 68.0 Å². The van der Waals surface area contributed by atoms with Crippen molar-refractivity contribution in [1.82, 2.24) is 15.0 Å². The Balaban J connectivity index is 1.26. The molecule has 2 heterocycles. The lowest BCUT2D eigenvalue weighted by Crippen LogP contribution is -2.48. The normalized spacial score (nSPS) is 14.3. The predicted molar refractivity (Wildman–Crippen MR) is 126 cm³/mol. The van der Waals surface area contributed by atoms with Crippen LogP contribution in [0.2, 0.25) is 0 Å². The number of hydrogen-bond donors (Lipinski definition) is 0. The van der Waals surface area contributed by atoms with Gasteiger partial charge in [0.1, 0.15) is 23.9 Å². The largest absolute Gasteiger partial charge is 0.494 e. The lowest BCUT2D eigenvalue weighted by atomic mass is 10.1. The second-order valence-electron chi connectivity index (χ2n) is 8.26. The quantitative estimate of drug-likeness (QED) is 0.513. The first-order valence-electron chi connectivity index (χ1n) is 11.4. The Morgan fingerprint density at radius 2 is 1.58 bits per heavy atom. The van der Waals surface area contributed by atoms with Crippen LogP contribution in [-0.2, 0) is 13.2 Å². The third-order valence-corrected chi connectivity index (χ3v) is 5.97. The highest BCUT2D eigenvalue weighted by Crippen LogP contribution is 2.20. The fourth-order valence-electron chi connectivity index (χ4n) is 3.96. The Hall–Kier alpha value is -3.32. The number of amides is 1. The fraction of sp³-hybridized carbons (Fsp3) is 0.385. The molecule has 1 aliphatic rings. The van der Waals surface area contributed by atoms with Crippen molar-refractivity contribution < 1.29 is 18.8 Å².